The van der Waals surface area contributed by atoms with E-state index in [1.54, 1.807) is 26.5 Å². The number of carbonyl (C=O) groups is 1. The second-order valence-electron chi connectivity index (χ2n) is 8.21. The van der Waals surface area contributed by atoms with Crippen molar-refractivity contribution in [2.45, 2.75) is 38.7 Å². The largest absolute Gasteiger partial charge is 0.444 e. The molecular formula is C19H25N7O2. The van der Waals surface area contributed by atoms with Gasteiger partial charge < -0.3 is 15.4 Å². The van der Waals surface area contributed by atoms with Crippen LogP contribution in [0.2, 0.25) is 0 Å². The monoisotopic (exact) mass is 383 g/mol. The molecule has 3 aromatic rings. The summed E-state index contributed by atoms with van der Waals surface area (Å²) in [4.78, 5) is 18.9. The van der Waals surface area contributed by atoms with Gasteiger partial charge in [0, 0.05) is 49.4 Å². The summed E-state index contributed by atoms with van der Waals surface area (Å²) >= 11 is 0. The number of anilines is 1. The highest BCUT2D eigenvalue weighted by Crippen LogP contribution is 2.31. The maximum Gasteiger partial charge on any atom is 0.410 e. The number of amides is 1. The number of fused-ring (bicyclic) bond motifs is 1. The van der Waals surface area contributed by atoms with Crippen molar-refractivity contribution in [1.29, 1.82) is 0 Å². The number of hydrogen-bond acceptors (Lipinski definition) is 6. The highest BCUT2D eigenvalue weighted by molar-refractivity contribution is 5.77. The van der Waals surface area contributed by atoms with E-state index in [1.165, 1.54) is 0 Å². The molecule has 1 saturated heterocycles. The van der Waals surface area contributed by atoms with Crippen LogP contribution < -0.4 is 5.73 Å². The van der Waals surface area contributed by atoms with E-state index in [0.717, 1.165) is 23.2 Å². The number of likely N-dealkylation sites (tertiary alicyclic amines) is 1. The van der Waals surface area contributed by atoms with Crippen LogP contribution >= 0.6 is 0 Å². The van der Waals surface area contributed by atoms with Gasteiger partial charge in [0.25, 0.3) is 0 Å². The van der Waals surface area contributed by atoms with E-state index in [9.17, 15) is 4.79 Å². The van der Waals surface area contributed by atoms with Crippen LogP contribution in [-0.4, -0.2) is 54.1 Å². The lowest BCUT2D eigenvalue weighted by atomic mass is 10.0. The van der Waals surface area contributed by atoms with E-state index in [1.807, 2.05) is 40.1 Å². The number of hydrogen-bond donors (Lipinski definition) is 1. The van der Waals surface area contributed by atoms with Crippen molar-refractivity contribution in [3.8, 4) is 11.1 Å². The third-order valence-electron chi connectivity index (χ3n) is 4.79. The van der Waals surface area contributed by atoms with Crippen molar-refractivity contribution in [1.82, 2.24) is 29.3 Å². The number of aryl methyl sites for hydroxylation is 1. The molecule has 0 saturated carbocycles. The second kappa shape index (κ2) is 6.50. The van der Waals surface area contributed by atoms with Crippen LogP contribution in [0.25, 0.3) is 16.8 Å². The minimum absolute atomic E-state index is 0.108. The number of carbonyl (C=O) groups excluding carboxylic acids is 1. The standard InChI is InChI=1S/C19H25N7O2/c1-19(2,3)28-18(27)25-6-5-12(11-25)15-7-16(20)26-17(23-15)14(9-22-26)13-8-21-24(4)10-13/h7-10,12H,5-6,11,20H2,1-4H3. The van der Waals surface area contributed by atoms with Crippen molar-refractivity contribution in [3.63, 3.8) is 0 Å². The number of nitrogen functional groups attached to an aromatic ring is 1. The van der Waals surface area contributed by atoms with Gasteiger partial charge in [0.2, 0.25) is 0 Å². The molecule has 1 atom stereocenters. The molecule has 0 spiro atoms. The third-order valence-corrected chi connectivity index (χ3v) is 4.79. The summed E-state index contributed by atoms with van der Waals surface area (Å²) in [5.74, 6) is 0.627. The summed E-state index contributed by atoms with van der Waals surface area (Å²) < 4.78 is 8.85. The minimum atomic E-state index is -0.507. The molecule has 1 aliphatic heterocycles. The Balaban J connectivity index is 1.62. The minimum Gasteiger partial charge on any atom is -0.444 e. The van der Waals surface area contributed by atoms with Crippen LogP contribution in [0.3, 0.4) is 0 Å². The molecule has 28 heavy (non-hydrogen) atoms. The zero-order valence-electron chi connectivity index (χ0n) is 16.6. The van der Waals surface area contributed by atoms with Crippen molar-refractivity contribution in [2.24, 2.45) is 7.05 Å². The molecule has 0 aliphatic carbocycles. The Kier molecular flexibility index (Phi) is 4.24. The summed E-state index contributed by atoms with van der Waals surface area (Å²) in [6.45, 7) is 6.81. The smallest absolute Gasteiger partial charge is 0.410 e. The molecular weight excluding hydrogens is 358 g/mol. The summed E-state index contributed by atoms with van der Waals surface area (Å²) in [6, 6.07) is 1.84. The zero-order chi connectivity index (χ0) is 20.1. The first-order valence-electron chi connectivity index (χ1n) is 9.32. The van der Waals surface area contributed by atoms with Crippen molar-refractivity contribution < 1.29 is 9.53 Å². The first-order valence-corrected chi connectivity index (χ1v) is 9.32. The fraction of sp³-hybridized carbons (Fsp3) is 0.474. The fourth-order valence-corrected chi connectivity index (χ4v) is 3.47. The Labute approximate surface area is 163 Å². The highest BCUT2D eigenvalue weighted by Gasteiger charge is 2.31. The van der Waals surface area contributed by atoms with Crippen LogP contribution in [0, 0.1) is 0 Å². The maximum absolute atomic E-state index is 12.4. The van der Waals surface area contributed by atoms with Gasteiger partial charge in [-0.1, -0.05) is 0 Å². The fourth-order valence-electron chi connectivity index (χ4n) is 3.47. The molecule has 0 radical (unpaired) electrons. The Morgan fingerprint density at radius 3 is 2.75 bits per heavy atom. The second-order valence-corrected chi connectivity index (χ2v) is 8.21. The summed E-state index contributed by atoms with van der Waals surface area (Å²) in [7, 11) is 1.87. The van der Waals surface area contributed by atoms with Gasteiger partial charge in [-0.15, -0.1) is 0 Å². The van der Waals surface area contributed by atoms with E-state index in [-0.39, 0.29) is 12.0 Å². The van der Waals surface area contributed by atoms with Gasteiger partial charge in [0.15, 0.2) is 5.65 Å². The Hall–Kier alpha value is -3.10. The summed E-state index contributed by atoms with van der Waals surface area (Å²) in [5.41, 5.74) is 9.09. The quantitative estimate of drug-likeness (QED) is 0.729. The van der Waals surface area contributed by atoms with Gasteiger partial charge >= 0.3 is 6.09 Å². The molecule has 3 aromatic heterocycles. The number of aromatic nitrogens is 5. The van der Waals surface area contributed by atoms with Crippen molar-refractivity contribution in [3.05, 3.63) is 30.4 Å². The Morgan fingerprint density at radius 1 is 1.29 bits per heavy atom. The number of rotatable bonds is 2. The van der Waals surface area contributed by atoms with E-state index in [4.69, 9.17) is 15.5 Å². The van der Waals surface area contributed by atoms with Crippen LogP contribution in [0.5, 0.6) is 0 Å². The molecule has 1 fully saturated rings. The number of nitrogens with zero attached hydrogens (tertiary/aromatic N) is 6. The first kappa shape index (κ1) is 18.3. The summed E-state index contributed by atoms with van der Waals surface area (Å²) in [6.07, 6.45) is 5.98. The normalized spacial score (nSPS) is 17.4. The third kappa shape index (κ3) is 3.39. The van der Waals surface area contributed by atoms with E-state index >= 15 is 0 Å². The molecule has 9 heteroatoms. The van der Waals surface area contributed by atoms with Crippen molar-refractivity contribution >= 4 is 17.6 Å². The molecule has 9 nitrogen and oxygen atoms in total. The molecule has 0 bridgehead atoms. The van der Waals surface area contributed by atoms with Crippen LogP contribution in [0.4, 0.5) is 10.6 Å². The van der Waals surface area contributed by atoms with Crippen molar-refractivity contribution in [2.75, 3.05) is 18.8 Å². The van der Waals surface area contributed by atoms with Gasteiger partial charge in [0.05, 0.1) is 18.1 Å². The average molecular weight is 383 g/mol. The van der Waals surface area contributed by atoms with E-state index in [2.05, 4.69) is 10.2 Å². The lowest BCUT2D eigenvalue weighted by Crippen LogP contribution is -2.35. The predicted molar refractivity (Wildman–Crippen MR) is 105 cm³/mol. The zero-order valence-corrected chi connectivity index (χ0v) is 16.6. The topological polar surface area (TPSA) is 104 Å². The number of nitrogens with two attached hydrogens (primary N) is 1. The van der Waals surface area contributed by atoms with E-state index < -0.39 is 5.60 Å². The van der Waals surface area contributed by atoms with E-state index in [0.29, 0.717) is 24.6 Å². The maximum atomic E-state index is 12.4. The molecule has 1 aliphatic rings. The molecule has 1 unspecified atom stereocenters. The lowest BCUT2D eigenvalue weighted by molar-refractivity contribution is 0.0292. The van der Waals surface area contributed by atoms with Crippen LogP contribution in [0.15, 0.2) is 24.7 Å². The van der Waals surface area contributed by atoms with Gasteiger partial charge in [-0.2, -0.15) is 14.7 Å². The SMILES string of the molecule is Cn1cc(-c2cnn3c(N)cc(C4CCN(C(=O)OC(C)(C)C)C4)nc23)cn1. The lowest BCUT2D eigenvalue weighted by Gasteiger charge is -2.24. The molecule has 4 rings (SSSR count). The molecule has 148 valence electrons. The predicted octanol–water partition coefficient (Wildman–Crippen LogP) is 2.44. The first-order chi connectivity index (χ1) is 13.2. The van der Waals surface area contributed by atoms with Crippen LogP contribution in [-0.2, 0) is 11.8 Å². The summed E-state index contributed by atoms with van der Waals surface area (Å²) in [5, 5.41) is 8.59. The molecule has 1 amide bonds. The molecule has 4 heterocycles. The molecule has 0 aromatic carbocycles. The highest BCUT2D eigenvalue weighted by atomic mass is 16.6. The molecule has 2 N–H and O–H groups in total. The van der Waals surface area contributed by atoms with Gasteiger partial charge in [-0.25, -0.2) is 9.78 Å². The average Bonchev–Trinajstić information content (AvgIpc) is 3.31. The Morgan fingerprint density at radius 2 is 2.07 bits per heavy atom. The number of ether oxygens (including phenoxy) is 1. The van der Waals surface area contributed by atoms with Crippen LogP contribution in [0.1, 0.15) is 38.8 Å². The Bertz CT molecular complexity index is 1030. The van der Waals surface area contributed by atoms with Gasteiger partial charge in [-0.3, -0.25) is 4.68 Å². The van der Waals surface area contributed by atoms with Gasteiger partial charge in [-0.05, 0) is 27.2 Å². The van der Waals surface area contributed by atoms with Gasteiger partial charge in [0.1, 0.15) is 11.4 Å².